The second-order valence-corrected chi connectivity index (χ2v) is 7.27. The second kappa shape index (κ2) is 10.6. The largest absolute Gasteiger partial charge is 0.354 e. The number of nitrogens with zero attached hydrogens (tertiary/aromatic N) is 1. The van der Waals surface area contributed by atoms with E-state index in [9.17, 15) is 9.59 Å². The first kappa shape index (κ1) is 21.6. The van der Waals surface area contributed by atoms with Gasteiger partial charge < -0.3 is 10.6 Å². The van der Waals surface area contributed by atoms with Gasteiger partial charge in [0.25, 0.3) is 0 Å². The molecule has 2 rings (SSSR count). The molecule has 150 valence electrons. The van der Waals surface area contributed by atoms with E-state index in [1.165, 1.54) is 5.56 Å². The summed E-state index contributed by atoms with van der Waals surface area (Å²) in [6.07, 6.45) is 0.952. The van der Waals surface area contributed by atoms with Crippen molar-refractivity contribution >= 4 is 17.5 Å². The van der Waals surface area contributed by atoms with Crippen LogP contribution < -0.4 is 10.6 Å². The zero-order valence-corrected chi connectivity index (χ0v) is 17.2. The van der Waals surface area contributed by atoms with Crippen molar-refractivity contribution in [2.24, 2.45) is 0 Å². The number of nitrogens with one attached hydrogen (secondary N) is 2. The van der Waals surface area contributed by atoms with Crippen molar-refractivity contribution < 1.29 is 9.59 Å². The molecule has 0 aliphatic carbocycles. The molecule has 28 heavy (non-hydrogen) atoms. The van der Waals surface area contributed by atoms with Crippen LogP contribution in [0.3, 0.4) is 0 Å². The molecule has 2 aromatic rings. The molecule has 0 unspecified atom stereocenters. The van der Waals surface area contributed by atoms with Crippen LogP contribution in [-0.2, 0) is 9.59 Å². The Morgan fingerprint density at radius 2 is 1.68 bits per heavy atom. The maximum absolute atomic E-state index is 12.5. The minimum Gasteiger partial charge on any atom is -0.354 e. The Balaban J connectivity index is 1.82. The second-order valence-electron chi connectivity index (χ2n) is 7.27. The fourth-order valence-electron chi connectivity index (χ4n) is 3.00. The van der Waals surface area contributed by atoms with E-state index in [0.29, 0.717) is 6.54 Å². The van der Waals surface area contributed by atoms with E-state index in [2.05, 4.69) is 29.7 Å². The molecule has 0 saturated carbocycles. The third-order valence-corrected chi connectivity index (χ3v) is 5.06. The summed E-state index contributed by atoms with van der Waals surface area (Å²) in [4.78, 5) is 26.5. The van der Waals surface area contributed by atoms with Crippen LogP contribution in [0.15, 0.2) is 54.6 Å². The number of rotatable bonds is 9. The Morgan fingerprint density at radius 1 is 1.04 bits per heavy atom. The number of anilines is 1. The van der Waals surface area contributed by atoms with Crippen molar-refractivity contribution in [3.8, 4) is 0 Å². The number of hydrogen-bond acceptors (Lipinski definition) is 3. The molecule has 2 atom stereocenters. The summed E-state index contributed by atoms with van der Waals surface area (Å²) in [5, 5.41) is 5.89. The molecule has 0 aliphatic heterocycles. The van der Waals surface area contributed by atoms with Crippen molar-refractivity contribution in [3.05, 3.63) is 65.7 Å². The normalized spacial score (nSPS) is 13.0. The standard InChI is InChI=1S/C23H31N3O2/c1-5-19(20-9-7-6-8-10-20)15-24-23(28)18(3)26(4)16-22(27)25-21-13-11-17(2)12-14-21/h6-14,18-19H,5,15-16H2,1-4H3,(H,24,28)(H,25,27)/t18-,19+/m1/s1. The molecular formula is C23H31N3O2. The molecule has 5 nitrogen and oxygen atoms in total. The van der Waals surface area contributed by atoms with Crippen LogP contribution in [0.4, 0.5) is 5.69 Å². The Morgan fingerprint density at radius 3 is 2.29 bits per heavy atom. The lowest BCUT2D eigenvalue weighted by Crippen LogP contribution is -2.46. The highest BCUT2D eigenvalue weighted by molar-refractivity contribution is 5.92. The van der Waals surface area contributed by atoms with Gasteiger partial charge in [0.05, 0.1) is 12.6 Å². The molecule has 0 heterocycles. The van der Waals surface area contributed by atoms with E-state index in [1.807, 2.05) is 56.3 Å². The van der Waals surface area contributed by atoms with Crippen LogP contribution in [0.2, 0.25) is 0 Å². The van der Waals surface area contributed by atoms with Gasteiger partial charge in [0.1, 0.15) is 0 Å². The van der Waals surface area contributed by atoms with Crippen molar-refractivity contribution in [2.75, 3.05) is 25.5 Å². The summed E-state index contributed by atoms with van der Waals surface area (Å²) in [5.74, 6) is 0.0780. The molecule has 0 fully saturated rings. The molecule has 0 aliphatic rings. The quantitative estimate of drug-likeness (QED) is 0.698. The van der Waals surface area contributed by atoms with Crippen LogP contribution >= 0.6 is 0 Å². The van der Waals surface area contributed by atoms with Crippen molar-refractivity contribution in [2.45, 2.75) is 39.2 Å². The average Bonchev–Trinajstić information content (AvgIpc) is 2.70. The molecule has 5 heteroatoms. The zero-order valence-electron chi connectivity index (χ0n) is 17.2. The highest BCUT2D eigenvalue weighted by Crippen LogP contribution is 2.18. The molecule has 0 aromatic heterocycles. The Bertz CT molecular complexity index is 759. The van der Waals surface area contributed by atoms with E-state index in [4.69, 9.17) is 0 Å². The lowest BCUT2D eigenvalue weighted by molar-refractivity contribution is -0.126. The Hall–Kier alpha value is -2.66. The van der Waals surface area contributed by atoms with Crippen molar-refractivity contribution in [3.63, 3.8) is 0 Å². The highest BCUT2D eigenvalue weighted by Gasteiger charge is 2.21. The topological polar surface area (TPSA) is 61.4 Å². The average molecular weight is 382 g/mol. The number of carbonyl (C=O) groups excluding carboxylic acids is 2. The number of benzene rings is 2. The van der Waals surface area contributed by atoms with Gasteiger partial charge in [0.2, 0.25) is 11.8 Å². The fourth-order valence-corrected chi connectivity index (χ4v) is 3.00. The van der Waals surface area contributed by atoms with Gasteiger partial charge in [-0.05, 0) is 45.0 Å². The highest BCUT2D eigenvalue weighted by atomic mass is 16.2. The molecule has 0 spiro atoms. The van der Waals surface area contributed by atoms with Crippen LogP contribution in [0.25, 0.3) is 0 Å². The van der Waals surface area contributed by atoms with E-state index in [0.717, 1.165) is 17.7 Å². The van der Waals surface area contributed by atoms with E-state index < -0.39 is 6.04 Å². The van der Waals surface area contributed by atoms with Gasteiger partial charge in [-0.25, -0.2) is 0 Å². The molecule has 0 radical (unpaired) electrons. The molecule has 2 N–H and O–H groups in total. The van der Waals surface area contributed by atoms with Gasteiger partial charge in [-0.1, -0.05) is 55.0 Å². The summed E-state index contributed by atoms with van der Waals surface area (Å²) in [6.45, 7) is 6.68. The van der Waals surface area contributed by atoms with Crippen LogP contribution in [-0.4, -0.2) is 42.9 Å². The maximum atomic E-state index is 12.5. The number of hydrogen-bond donors (Lipinski definition) is 2. The summed E-state index contributed by atoms with van der Waals surface area (Å²) >= 11 is 0. The number of aryl methyl sites for hydroxylation is 1. The van der Waals surface area contributed by atoms with Crippen LogP contribution in [0, 0.1) is 6.92 Å². The van der Waals surface area contributed by atoms with E-state index in [-0.39, 0.29) is 24.3 Å². The van der Waals surface area contributed by atoms with Crippen LogP contribution in [0.5, 0.6) is 0 Å². The number of likely N-dealkylation sites (N-methyl/N-ethyl adjacent to an activating group) is 1. The summed E-state index contributed by atoms with van der Waals surface area (Å²) < 4.78 is 0. The minimum atomic E-state index is -0.392. The van der Waals surface area contributed by atoms with Gasteiger partial charge in [-0.2, -0.15) is 0 Å². The fraction of sp³-hybridized carbons (Fsp3) is 0.391. The van der Waals surface area contributed by atoms with Gasteiger partial charge >= 0.3 is 0 Å². The third kappa shape index (κ3) is 6.50. The summed E-state index contributed by atoms with van der Waals surface area (Å²) in [7, 11) is 1.79. The van der Waals surface area contributed by atoms with Crippen molar-refractivity contribution in [1.29, 1.82) is 0 Å². The summed E-state index contributed by atoms with van der Waals surface area (Å²) in [6, 6.07) is 17.5. The number of amides is 2. The number of carbonyl (C=O) groups is 2. The third-order valence-electron chi connectivity index (χ3n) is 5.06. The Kier molecular flexibility index (Phi) is 8.20. The van der Waals surface area contributed by atoms with Gasteiger partial charge in [-0.3, -0.25) is 14.5 Å². The monoisotopic (exact) mass is 381 g/mol. The first-order valence-corrected chi connectivity index (χ1v) is 9.80. The molecule has 2 amide bonds. The minimum absolute atomic E-state index is 0.0694. The first-order valence-electron chi connectivity index (χ1n) is 9.80. The van der Waals surface area contributed by atoms with Crippen molar-refractivity contribution in [1.82, 2.24) is 10.2 Å². The van der Waals surface area contributed by atoms with E-state index >= 15 is 0 Å². The van der Waals surface area contributed by atoms with Gasteiger partial charge in [0.15, 0.2) is 0 Å². The van der Waals surface area contributed by atoms with Gasteiger partial charge in [-0.15, -0.1) is 0 Å². The van der Waals surface area contributed by atoms with Crippen LogP contribution in [0.1, 0.15) is 37.3 Å². The molecule has 0 bridgehead atoms. The van der Waals surface area contributed by atoms with Gasteiger partial charge in [0, 0.05) is 18.2 Å². The smallest absolute Gasteiger partial charge is 0.238 e. The molecule has 0 saturated heterocycles. The SMILES string of the molecule is CC[C@@H](CNC(=O)[C@@H](C)N(C)CC(=O)Nc1ccc(C)cc1)c1ccccc1. The molecule has 2 aromatic carbocycles. The predicted molar refractivity (Wildman–Crippen MR) is 114 cm³/mol. The zero-order chi connectivity index (χ0) is 20.5. The van der Waals surface area contributed by atoms with E-state index in [1.54, 1.807) is 11.9 Å². The first-order chi connectivity index (χ1) is 13.4. The predicted octanol–water partition coefficient (Wildman–Crippen LogP) is 3.56. The Labute approximate surface area is 168 Å². The molecular weight excluding hydrogens is 350 g/mol. The lowest BCUT2D eigenvalue weighted by Gasteiger charge is -2.24. The summed E-state index contributed by atoms with van der Waals surface area (Å²) in [5.41, 5.74) is 3.12. The lowest BCUT2D eigenvalue weighted by atomic mass is 9.96. The maximum Gasteiger partial charge on any atom is 0.238 e.